The van der Waals surface area contributed by atoms with E-state index in [0.29, 0.717) is 0 Å². The Balaban J connectivity index is 1.93. The molecule has 0 aromatic heterocycles. The molecule has 0 amide bonds. The molecule has 0 bridgehead atoms. The summed E-state index contributed by atoms with van der Waals surface area (Å²) in [6.07, 6.45) is 16.3. The Labute approximate surface area is 135 Å². The van der Waals surface area contributed by atoms with Gasteiger partial charge in [0.05, 0.1) is 12.9 Å². The van der Waals surface area contributed by atoms with Gasteiger partial charge >= 0.3 is 0 Å². The fraction of sp³-hybridized carbons (Fsp3) is 0.941. The number of hydrogen-bond acceptors (Lipinski definition) is 3. The Morgan fingerprint density at radius 2 is 1.57 bits per heavy atom. The quantitative estimate of drug-likeness (QED) is 0.374. The van der Waals surface area contributed by atoms with Gasteiger partial charge in [-0.1, -0.05) is 64.7 Å². The third-order valence-corrected chi connectivity index (χ3v) is 6.83. The second-order valence-corrected chi connectivity index (χ2v) is 8.53. The van der Waals surface area contributed by atoms with Gasteiger partial charge in [-0.15, -0.1) is 0 Å². The van der Waals surface area contributed by atoms with Gasteiger partial charge in [0.25, 0.3) is 0 Å². The van der Waals surface area contributed by atoms with Crippen LogP contribution in [0.1, 0.15) is 71.1 Å². The third-order valence-electron chi connectivity index (χ3n) is 4.19. The number of unbranched alkanes of at least 4 members (excludes halogenated alkanes) is 9. The molecule has 1 rings (SSSR count). The molecule has 0 aromatic carbocycles. The molecule has 1 aliphatic rings. The molecule has 1 unspecified atom stereocenters. The van der Waals surface area contributed by atoms with Crippen molar-refractivity contribution in [2.75, 3.05) is 31.1 Å². The summed E-state index contributed by atoms with van der Waals surface area (Å²) in [6.45, 7) is 5.23. The van der Waals surface area contributed by atoms with E-state index in [-0.39, 0.29) is 11.1 Å². The molecule has 2 N–H and O–H groups in total. The molecule has 4 heteroatoms. The molecule has 0 fully saturated rings. The highest BCUT2D eigenvalue weighted by Gasteiger charge is 2.13. The van der Waals surface area contributed by atoms with E-state index >= 15 is 0 Å². The summed E-state index contributed by atoms with van der Waals surface area (Å²) < 4.78 is 2.47. The van der Waals surface area contributed by atoms with Crippen LogP contribution in [0.25, 0.3) is 0 Å². The summed E-state index contributed by atoms with van der Waals surface area (Å²) in [4.78, 5) is 4.34. The van der Waals surface area contributed by atoms with Crippen LogP contribution in [0.5, 0.6) is 0 Å². The SMILES string of the molecule is CCCCCCCCCCCC[SH](CCN)N1C=NCC1. The Hall–Kier alpha value is -0.220. The van der Waals surface area contributed by atoms with Gasteiger partial charge in [-0.2, -0.15) is 11.1 Å². The van der Waals surface area contributed by atoms with E-state index in [1.807, 2.05) is 0 Å². The van der Waals surface area contributed by atoms with E-state index < -0.39 is 0 Å². The standard InChI is InChI=1S/C17H37N3S/c1-2-3-4-5-6-7-8-9-10-11-15-21(16-12-18)20-14-13-19-17-20/h17,21H,2-16,18H2,1H3. The lowest BCUT2D eigenvalue weighted by Crippen LogP contribution is -2.23. The van der Waals surface area contributed by atoms with Gasteiger partial charge in [0.1, 0.15) is 0 Å². The maximum absolute atomic E-state index is 5.76. The minimum Gasteiger partial charge on any atom is -0.330 e. The minimum absolute atomic E-state index is 0.0374. The van der Waals surface area contributed by atoms with E-state index in [9.17, 15) is 0 Å². The molecule has 1 atom stereocenters. The van der Waals surface area contributed by atoms with Crippen molar-refractivity contribution in [3.8, 4) is 0 Å². The van der Waals surface area contributed by atoms with Gasteiger partial charge in [-0.3, -0.25) is 4.99 Å². The number of aliphatic imine (C=N–C) groups is 1. The van der Waals surface area contributed by atoms with Gasteiger partial charge in [0.2, 0.25) is 0 Å². The highest BCUT2D eigenvalue weighted by atomic mass is 32.2. The first-order valence-corrected chi connectivity index (χ1v) is 10.8. The largest absolute Gasteiger partial charge is 0.330 e. The molecule has 0 saturated heterocycles. The van der Waals surface area contributed by atoms with Crippen molar-refractivity contribution in [3.05, 3.63) is 0 Å². The van der Waals surface area contributed by atoms with Crippen LogP contribution in [0.4, 0.5) is 0 Å². The van der Waals surface area contributed by atoms with Crippen LogP contribution in [0, 0.1) is 0 Å². The lowest BCUT2D eigenvalue weighted by atomic mass is 10.1. The van der Waals surface area contributed by atoms with E-state index in [2.05, 4.69) is 22.6 Å². The van der Waals surface area contributed by atoms with Crippen molar-refractivity contribution < 1.29 is 0 Å². The zero-order valence-corrected chi connectivity index (χ0v) is 15.0. The van der Waals surface area contributed by atoms with Crippen LogP contribution in [-0.4, -0.2) is 41.8 Å². The molecule has 3 nitrogen and oxygen atoms in total. The Kier molecular flexibility index (Phi) is 12.1. The lowest BCUT2D eigenvalue weighted by molar-refractivity contribution is 0.562. The van der Waals surface area contributed by atoms with Crippen LogP contribution < -0.4 is 5.73 Å². The summed E-state index contributed by atoms with van der Waals surface area (Å²) >= 11 is -0.0374. The van der Waals surface area contributed by atoms with Gasteiger partial charge < -0.3 is 10.0 Å². The average molecular weight is 316 g/mol. The average Bonchev–Trinajstić information content (AvgIpc) is 3.02. The van der Waals surface area contributed by atoms with Crippen molar-refractivity contribution in [1.29, 1.82) is 0 Å². The van der Waals surface area contributed by atoms with Crippen molar-refractivity contribution in [2.45, 2.75) is 71.1 Å². The first kappa shape index (κ1) is 18.8. The lowest BCUT2D eigenvalue weighted by Gasteiger charge is -2.30. The van der Waals surface area contributed by atoms with Gasteiger partial charge in [0, 0.05) is 18.8 Å². The number of nitrogens with zero attached hydrogens (tertiary/aromatic N) is 2. The highest BCUT2D eigenvalue weighted by molar-refractivity contribution is 8.15. The molecule has 0 aromatic rings. The van der Waals surface area contributed by atoms with Gasteiger partial charge in [0.15, 0.2) is 0 Å². The van der Waals surface area contributed by atoms with Crippen LogP contribution in [0.2, 0.25) is 0 Å². The van der Waals surface area contributed by atoms with E-state index in [0.717, 1.165) is 19.6 Å². The van der Waals surface area contributed by atoms with E-state index in [1.54, 1.807) is 0 Å². The normalized spacial score (nSPS) is 16.7. The minimum atomic E-state index is -0.0374. The molecule has 0 spiro atoms. The van der Waals surface area contributed by atoms with E-state index in [4.69, 9.17) is 5.73 Å². The van der Waals surface area contributed by atoms with Crippen LogP contribution in [-0.2, 0) is 0 Å². The maximum Gasteiger partial charge on any atom is 0.0935 e. The molecule has 1 aliphatic heterocycles. The number of hydrogen-bond donors (Lipinski definition) is 2. The summed E-state index contributed by atoms with van der Waals surface area (Å²) in [6, 6.07) is 0. The van der Waals surface area contributed by atoms with Gasteiger partial charge in [-0.05, 0) is 12.2 Å². The fourth-order valence-corrected chi connectivity index (χ4v) is 5.10. The first-order chi connectivity index (χ1) is 10.4. The summed E-state index contributed by atoms with van der Waals surface area (Å²) in [5.41, 5.74) is 5.76. The molecular weight excluding hydrogens is 278 g/mol. The van der Waals surface area contributed by atoms with Crippen molar-refractivity contribution >= 4 is 17.4 Å². The molecular formula is C17H37N3S. The summed E-state index contributed by atoms with van der Waals surface area (Å²) in [7, 11) is 0. The topological polar surface area (TPSA) is 41.6 Å². The summed E-state index contributed by atoms with van der Waals surface area (Å²) in [5.74, 6) is 2.54. The predicted octanol–water partition coefficient (Wildman–Crippen LogP) is 4.13. The van der Waals surface area contributed by atoms with Crippen LogP contribution >= 0.6 is 11.1 Å². The molecule has 1 heterocycles. The van der Waals surface area contributed by atoms with E-state index in [1.165, 1.54) is 75.7 Å². The van der Waals surface area contributed by atoms with Crippen molar-refractivity contribution in [3.63, 3.8) is 0 Å². The van der Waals surface area contributed by atoms with Crippen molar-refractivity contribution in [2.24, 2.45) is 10.7 Å². The Morgan fingerprint density at radius 1 is 0.952 bits per heavy atom. The highest BCUT2D eigenvalue weighted by Crippen LogP contribution is 2.31. The number of thiol groups is 1. The second kappa shape index (κ2) is 13.4. The van der Waals surface area contributed by atoms with Crippen LogP contribution in [0.3, 0.4) is 0 Å². The smallest absolute Gasteiger partial charge is 0.0935 e. The van der Waals surface area contributed by atoms with Crippen LogP contribution in [0.15, 0.2) is 4.99 Å². The zero-order chi connectivity index (χ0) is 15.2. The molecule has 0 saturated carbocycles. The molecule has 21 heavy (non-hydrogen) atoms. The number of rotatable bonds is 14. The Morgan fingerprint density at radius 3 is 2.10 bits per heavy atom. The van der Waals surface area contributed by atoms with Gasteiger partial charge in [-0.25, -0.2) is 0 Å². The second-order valence-electron chi connectivity index (χ2n) is 6.11. The third kappa shape index (κ3) is 9.41. The molecule has 0 radical (unpaired) electrons. The summed E-state index contributed by atoms with van der Waals surface area (Å²) in [5, 5.41) is 0. The molecule has 0 aliphatic carbocycles. The fourth-order valence-electron chi connectivity index (χ4n) is 2.88. The maximum atomic E-state index is 5.76. The number of nitrogens with two attached hydrogens (primary N) is 1. The molecule has 126 valence electrons. The Bertz CT molecular complexity index is 258. The first-order valence-electron chi connectivity index (χ1n) is 9.10. The monoisotopic (exact) mass is 315 g/mol. The van der Waals surface area contributed by atoms with Crippen molar-refractivity contribution in [1.82, 2.24) is 4.31 Å². The predicted molar refractivity (Wildman–Crippen MR) is 99.7 cm³/mol. The zero-order valence-electron chi connectivity index (χ0n) is 14.1.